The molecule has 2 aromatic rings. The van der Waals surface area contributed by atoms with Gasteiger partial charge in [0, 0.05) is 43.0 Å². The number of carbonyl (C=O) groups is 2. The quantitative estimate of drug-likeness (QED) is 0.367. The smallest absolute Gasteiger partial charge is 0.283 e. The monoisotopic (exact) mass is 424 g/mol. The number of likely N-dealkylation sites (tertiary alicyclic amines) is 1. The van der Waals surface area contributed by atoms with Crippen LogP contribution in [0.3, 0.4) is 0 Å². The van der Waals surface area contributed by atoms with Crippen molar-refractivity contribution in [1.29, 1.82) is 0 Å². The van der Waals surface area contributed by atoms with Gasteiger partial charge >= 0.3 is 0 Å². The topological polar surface area (TPSA) is 80.5 Å². The average molecular weight is 425 g/mol. The minimum Gasteiger partial charge on any atom is -0.338 e. The van der Waals surface area contributed by atoms with Crippen molar-refractivity contribution in [2.45, 2.75) is 42.4 Å². The highest BCUT2D eigenvalue weighted by Crippen LogP contribution is 2.39. The van der Waals surface area contributed by atoms with Crippen molar-refractivity contribution < 1.29 is 14.5 Å². The SMILES string of the molecule is CC(C)c1ccccc1Sc1ccc(C=CC(=O)N2CCC(=O)CC2)cc1[N+](=O)[O-]. The van der Waals surface area contributed by atoms with E-state index in [1.54, 1.807) is 23.1 Å². The van der Waals surface area contributed by atoms with Crippen molar-refractivity contribution in [3.8, 4) is 0 Å². The van der Waals surface area contributed by atoms with Crippen LogP contribution in [0.5, 0.6) is 0 Å². The summed E-state index contributed by atoms with van der Waals surface area (Å²) < 4.78 is 0. The molecule has 0 aromatic heterocycles. The summed E-state index contributed by atoms with van der Waals surface area (Å²) in [6.07, 6.45) is 3.77. The Kier molecular flexibility index (Phi) is 7.05. The van der Waals surface area contributed by atoms with Gasteiger partial charge in [0.25, 0.3) is 5.69 Å². The normalized spacial score (nSPS) is 14.5. The number of hydrogen-bond donors (Lipinski definition) is 0. The first-order valence-corrected chi connectivity index (χ1v) is 10.7. The van der Waals surface area contributed by atoms with Gasteiger partial charge in [-0.15, -0.1) is 0 Å². The van der Waals surface area contributed by atoms with Crippen LogP contribution in [0.1, 0.15) is 43.7 Å². The molecule has 1 aliphatic rings. The highest BCUT2D eigenvalue weighted by Gasteiger charge is 2.20. The van der Waals surface area contributed by atoms with Gasteiger partial charge in [0.2, 0.25) is 5.91 Å². The lowest BCUT2D eigenvalue weighted by atomic mass is 10.0. The Bertz CT molecular complexity index is 990. The molecular weight excluding hydrogens is 400 g/mol. The highest BCUT2D eigenvalue weighted by atomic mass is 32.2. The van der Waals surface area contributed by atoms with Crippen LogP contribution in [0.2, 0.25) is 0 Å². The molecule has 0 saturated carbocycles. The van der Waals surface area contributed by atoms with E-state index >= 15 is 0 Å². The molecule has 2 aromatic carbocycles. The van der Waals surface area contributed by atoms with E-state index < -0.39 is 4.92 Å². The number of carbonyl (C=O) groups excluding carboxylic acids is 2. The minimum absolute atomic E-state index is 0.0109. The fourth-order valence-corrected chi connectivity index (χ4v) is 4.46. The van der Waals surface area contributed by atoms with Crippen molar-refractivity contribution in [2.75, 3.05) is 13.1 Å². The number of amides is 1. The summed E-state index contributed by atoms with van der Waals surface area (Å²) in [5.41, 5.74) is 1.74. The summed E-state index contributed by atoms with van der Waals surface area (Å²) in [7, 11) is 0. The van der Waals surface area contributed by atoms with E-state index in [2.05, 4.69) is 13.8 Å². The van der Waals surface area contributed by atoms with Gasteiger partial charge < -0.3 is 4.90 Å². The predicted octanol–water partition coefficient (Wildman–Crippen LogP) is 5.07. The average Bonchev–Trinajstić information content (AvgIpc) is 2.73. The van der Waals surface area contributed by atoms with Gasteiger partial charge in [0.1, 0.15) is 5.78 Å². The van der Waals surface area contributed by atoms with Crippen LogP contribution < -0.4 is 0 Å². The number of nitrogens with zero attached hydrogens (tertiary/aromatic N) is 2. The van der Waals surface area contributed by atoms with E-state index in [0.29, 0.717) is 42.3 Å². The zero-order valence-corrected chi connectivity index (χ0v) is 17.9. The standard InChI is InChI=1S/C23H24N2O4S/c1-16(2)19-5-3-4-6-21(19)30-22-9-7-17(15-20(22)25(28)29)8-10-23(27)24-13-11-18(26)12-14-24/h3-10,15-16H,11-14H2,1-2H3. The lowest BCUT2D eigenvalue weighted by Crippen LogP contribution is -2.37. The van der Waals surface area contributed by atoms with Crippen molar-refractivity contribution in [1.82, 2.24) is 4.90 Å². The van der Waals surface area contributed by atoms with Crippen LogP contribution in [0.25, 0.3) is 6.08 Å². The van der Waals surface area contributed by atoms with Gasteiger partial charge in [0.15, 0.2) is 0 Å². The van der Waals surface area contributed by atoms with Crippen molar-refractivity contribution in [3.63, 3.8) is 0 Å². The molecule has 0 spiro atoms. The van der Waals surface area contributed by atoms with E-state index in [1.807, 2.05) is 24.3 Å². The second-order valence-corrected chi connectivity index (χ2v) is 8.56. The molecule has 0 radical (unpaired) electrons. The molecule has 0 bridgehead atoms. The Balaban J connectivity index is 1.79. The molecule has 6 nitrogen and oxygen atoms in total. The minimum atomic E-state index is -0.393. The van der Waals surface area contributed by atoms with E-state index in [4.69, 9.17) is 0 Å². The number of nitro groups is 1. The maximum atomic E-state index is 12.3. The first kappa shape index (κ1) is 21.8. The maximum Gasteiger partial charge on any atom is 0.283 e. The third-order valence-electron chi connectivity index (χ3n) is 4.99. The molecule has 0 atom stereocenters. The van der Waals surface area contributed by atoms with E-state index in [-0.39, 0.29) is 17.4 Å². The second-order valence-electron chi connectivity index (χ2n) is 7.48. The first-order valence-electron chi connectivity index (χ1n) is 9.89. The molecule has 0 unspecified atom stereocenters. The number of hydrogen-bond acceptors (Lipinski definition) is 5. The van der Waals surface area contributed by atoms with Gasteiger partial charge in [-0.1, -0.05) is 49.9 Å². The van der Waals surface area contributed by atoms with Gasteiger partial charge in [-0.2, -0.15) is 0 Å². The zero-order chi connectivity index (χ0) is 21.7. The fourth-order valence-electron chi connectivity index (χ4n) is 3.29. The van der Waals surface area contributed by atoms with E-state index in [9.17, 15) is 19.7 Å². The van der Waals surface area contributed by atoms with Gasteiger partial charge in [0.05, 0.1) is 9.82 Å². The highest BCUT2D eigenvalue weighted by molar-refractivity contribution is 7.99. The molecule has 1 saturated heterocycles. The van der Waals surface area contributed by atoms with Gasteiger partial charge in [-0.05, 0) is 35.3 Å². The molecule has 30 heavy (non-hydrogen) atoms. The van der Waals surface area contributed by atoms with Crippen LogP contribution >= 0.6 is 11.8 Å². The Morgan fingerprint density at radius 1 is 1.13 bits per heavy atom. The molecule has 1 heterocycles. The first-order chi connectivity index (χ1) is 14.3. The molecule has 0 aliphatic carbocycles. The maximum absolute atomic E-state index is 12.3. The largest absolute Gasteiger partial charge is 0.338 e. The molecule has 1 fully saturated rings. The summed E-state index contributed by atoms with van der Waals surface area (Å²) in [5.74, 6) is 0.298. The number of piperidine rings is 1. The Morgan fingerprint density at radius 2 is 1.83 bits per heavy atom. The van der Waals surface area contributed by atoms with Crippen LogP contribution in [0, 0.1) is 10.1 Å². The molecule has 0 N–H and O–H groups in total. The van der Waals surface area contributed by atoms with Crippen LogP contribution in [-0.4, -0.2) is 34.6 Å². The number of nitro benzene ring substituents is 1. The summed E-state index contributed by atoms with van der Waals surface area (Å²) in [6.45, 7) is 5.04. The van der Waals surface area contributed by atoms with E-state index in [0.717, 1.165) is 10.5 Å². The van der Waals surface area contributed by atoms with E-state index in [1.165, 1.54) is 23.9 Å². The number of Topliss-reactive ketones (excluding diaryl/α,β-unsaturated/α-hetero) is 1. The van der Waals surface area contributed by atoms with Gasteiger partial charge in [-0.3, -0.25) is 19.7 Å². The van der Waals surface area contributed by atoms with Crippen molar-refractivity contribution in [3.05, 3.63) is 69.8 Å². The third kappa shape index (κ3) is 5.36. The molecule has 3 rings (SSSR count). The van der Waals surface area contributed by atoms with Crippen LogP contribution in [0.15, 0.2) is 58.3 Å². The molecule has 1 amide bonds. The van der Waals surface area contributed by atoms with Crippen LogP contribution in [0.4, 0.5) is 5.69 Å². The lowest BCUT2D eigenvalue weighted by molar-refractivity contribution is -0.387. The van der Waals surface area contributed by atoms with Crippen molar-refractivity contribution >= 4 is 35.2 Å². The second kappa shape index (κ2) is 9.71. The summed E-state index contributed by atoms with van der Waals surface area (Å²) in [4.78, 5) is 38.1. The molecule has 7 heteroatoms. The summed E-state index contributed by atoms with van der Waals surface area (Å²) in [6, 6.07) is 12.9. The summed E-state index contributed by atoms with van der Waals surface area (Å²) in [5, 5.41) is 11.7. The number of ketones is 1. The predicted molar refractivity (Wildman–Crippen MR) is 118 cm³/mol. The van der Waals surface area contributed by atoms with Crippen LogP contribution in [-0.2, 0) is 9.59 Å². The Labute approximate surface area is 180 Å². The molecular formula is C23H24N2O4S. The lowest BCUT2D eigenvalue weighted by Gasteiger charge is -2.24. The zero-order valence-electron chi connectivity index (χ0n) is 17.0. The summed E-state index contributed by atoms with van der Waals surface area (Å²) >= 11 is 1.38. The number of rotatable bonds is 6. The molecule has 1 aliphatic heterocycles. The third-order valence-corrected chi connectivity index (χ3v) is 6.15. The molecule has 156 valence electrons. The van der Waals surface area contributed by atoms with Crippen molar-refractivity contribution in [2.24, 2.45) is 0 Å². The van der Waals surface area contributed by atoms with Gasteiger partial charge in [-0.25, -0.2) is 0 Å². The Hall–Kier alpha value is -2.93. The fraction of sp³-hybridized carbons (Fsp3) is 0.304. The Morgan fingerprint density at radius 3 is 2.50 bits per heavy atom. The number of benzene rings is 2.